The molecular formula is C10H19NO4. The molecule has 0 radical (unpaired) electrons. The van der Waals surface area contributed by atoms with Gasteiger partial charge in [0.15, 0.2) is 0 Å². The third-order valence-electron chi connectivity index (χ3n) is 2.43. The maximum absolute atomic E-state index is 11.3. The van der Waals surface area contributed by atoms with E-state index in [1.165, 1.54) is 0 Å². The summed E-state index contributed by atoms with van der Waals surface area (Å²) in [6.45, 7) is 0.916. The Bertz CT molecular complexity index is 192. The molecule has 5 heteroatoms. The van der Waals surface area contributed by atoms with Crippen LogP contribution in [0.15, 0.2) is 0 Å². The highest BCUT2D eigenvalue weighted by atomic mass is 16.6. The van der Waals surface area contributed by atoms with E-state index in [2.05, 4.69) is 0 Å². The summed E-state index contributed by atoms with van der Waals surface area (Å²) in [5, 5.41) is 8.59. The highest BCUT2D eigenvalue weighted by Gasteiger charge is 2.19. The summed E-state index contributed by atoms with van der Waals surface area (Å²) in [4.78, 5) is 11.3. The number of rotatable bonds is 5. The van der Waals surface area contributed by atoms with Gasteiger partial charge in [-0.1, -0.05) is 0 Å². The van der Waals surface area contributed by atoms with E-state index < -0.39 is 12.0 Å². The number of esters is 1. The lowest BCUT2D eigenvalue weighted by molar-refractivity contribution is -0.151. The minimum atomic E-state index is -0.724. The van der Waals surface area contributed by atoms with Gasteiger partial charge in [0.25, 0.3) is 0 Å². The van der Waals surface area contributed by atoms with Crippen LogP contribution >= 0.6 is 0 Å². The fourth-order valence-corrected chi connectivity index (χ4v) is 1.48. The van der Waals surface area contributed by atoms with E-state index in [9.17, 15) is 4.79 Å². The first-order valence-electron chi connectivity index (χ1n) is 5.38. The Kier molecular flexibility index (Phi) is 5.60. The van der Waals surface area contributed by atoms with Gasteiger partial charge in [0.1, 0.15) is 12.6 Å². The number of carbonyl (C=O) groups excluding carboxylic acids is 1. The molecule has 1 aliphatic rings. The normalized spacial score (nSPS) is 23.5. The third kappa shape index (κ3) is 4.59. The van der Waals surface area contributed by atoms with Crippen molar-refractivity contribution in [2.75, 3.05) is 19.8 Å². The van der Waals surface area contributed by atoms with Crippen LogP contribution in [0.2, 0.25) is 0 Å². The number of aliphatic hydroxyl groups excluding tert-OH is 1. The van der Waals surface area contributed by atoms with Gasteiger partial charge in [0.05, 0.1) is 6.10 Å². The van der Waals surface area contributed by atoms with Crippen molar-refractivity contribution in [1.29, 1.82) is 0 Å². The molecule has 3 N–H and O–H groups in total. The van der Waals surface area contributed by atoms with Crippen LogP contribution in [0.3, 0.4) is 0 Å². The van der Waals surface area contributed by atoms with Gasteiger partial charge in [0.2, 0.25) is 0 Å². The molecule has 0 amide bonds. The second-order valence-electron chi connectivity index (χ2n) is 3.74. The van der Waals surface area contributed by atoms with Crippen LogP contribution < -0.4 is 5.73 Å². The van der Waals surface area contributed by atoms with Crippen molar-refractivity contribution < 1.29 is 19.4 Å². The van der Waals surface area contributed by atoms with Crippen LogP contribution in [0.1, 0.15) is 25.7 Å². The lowest BCUT2D eigenvalue weighted by Crippen LogP contribution is -2.35. The standard InChI is InChI=1S/C10H19NO4/c11-9(4-5-12)10(13)15-7-8-3-1-2-6-14-8/h8-9,12H,1-7,11H2. The molecule has 1 fully saturated rings. The van der Waals surface area contributed by atoms with Crippen molar-refractivity contribution in [3.8, 4) is 0 Å². The SMILES string of the molecule is NC(CCO)C(=O)OCC1CCCCO1. The molecule has 1 saturated heterocycles. The number of hydrogen-bond donors (Lipinski definition) is 2. The molecule has 0 saturated carbocycles. The van der Waals surface area contributed by atoms with E-state index in [0.717, 1.165) is 25.9 Å². The van der Waals surface area contributed by atoms with Crippen LogP contribution in [0.4, 0.5) is 0 Å². The average molecular weight is 217 g/mol. The summed E-state index contributed by atoms with van der Waals surface area (Å²) in [7, 11) is 0. The van der Waals surface area contributed by atoms with Gasteiger partial charge in [-0.3, -0.25) is 4.79 Å². The maximum atomic E-state index is 11.3. The number of carbonyl (C=O) groups is 1. The molecule has 0 aromatic carbocycles. The van der Waals surface area contributed by atoms with Crippen LogP contribution in [0, 0.1) is 0 Å². The maximum Gasteiger partial charge on any atom is 0.323 e. The fraction of sp³-hybridized carbons (Fsp3) is 0.900. The van der Waals surface area contributed by atoms with E-state index in [0.29, 0.717) is 0 Å². The first-order valence-corrected chi connectivity index (χ1v) is 5.38. The second-order valence-corrected chi connectivity index (χ2v) is 3.74. The van der Waals surface area contributed by atoms with Gasteiger partial charge in [-0.05, 0) is 25.7 Å². The molecule has 1 aliphatic heterocycles. The van der Waals surface area contributed by atoms with Gasteiger partial charge < -0.3 is 20.3 Å². The van der Waals surface area contributed by atoms with Gasteiger partial charge in [-0.25, -0.2) is 0 Å². The zero-order chi connectivity index (χ0) is 11.1. The fourth-order valence-electron chi connectivity index (χ4n) is 1.48. The Balaban J connectivity index is 2.14. The molecule has 0 bridgehead atoms. The summed E-state index contributed by atoms with van der Waals surface area (Å²) in [6.07, 6.45) is 3.38. The summed E-state index contributed by atoms with van der Waals surface area (Å²) in [6, 6.07) is -0.724. The van der Waals surface area contributed by atoms with E-state index in [4.69, 9.17) is 20.3 Å². The van der Waals surface area contributed by atoms with Crippen molar-refractivity contribution in [2.45, 2.75) is 37.8 Å². The van der Waals surface area contributed by atoms with Crippen molar-refractivity contribution in [3.63, 3.8) is 0 Å². The molecule has 0 aromatic heterocycles. The summed E-state index contributed by atoms with van der Waals surface area (Å²) in [5.74, 6) is -0.460. The highest BCUT2D eigenvalue weighted by Crippen LogP contribution is 2.12. The number of ether oxygens (including phenoxy) is 2. The van der Waals surface area contributed by atoms with Gasteiger partial charge in [-0.2, -0.15) is 0 Å². The van der Waals surface area contributed by atoms with Gasteiger partial charge in [0, 0.05) is 13.2 Å². The summed E-state index contributed by atoms with van der Waals surface area (Å²) < 4.78 is 10.4. The van der Waals surface area contributed by atoms with E-state index in [1.54, 1.807) is 0 Å². The molecule has 0 aromatic rings. The van der Waals surface area contributed by atoms with E-state index in [-0.39, 0.29) is 25.7 Å². The Labute approximate surface area is 89.5 Å². The second kappa shape index (κ2) is 6.76. The van der Waals surface area contributed by atoms with Crippen molar-refractivity contribution in [1.82, 2.24) is 0 Å². The lowest BCUT2D eigenvalue weighted by atomic mass is 10.1. The van der Waals surface area contributed by atoms with Crippen LogP contribution in [0.25, 0.3) is 0 Å². The van der Waals surface area contributed by atoms with Crippen LogP contribution in [0.5, 0.6) is 0 Å². The minimum absolute atomic E-state index is 0.0176. The van der Waals surface area contributed by atoms with Crippen molar-refractivity contribution in [2.24, 2.45) is 5.73 Å². The third-order valence-corrected chi connectivity index (χ3v) is 2.43. The quantitative estimate of drug-likeness (QED) is 0.624. The first kappa shape index (κ1) is 12.4. The topological polar surface area (TPSA) is 81.8 Å². The number of nitrogens with two attached hydrogens (primary N) is 1. The van der Waals surface area contributed by atoms with Crippen molar-refractivity contribution in [3.05, 3.63) is 0 Å². The molecular weight excluding hydrogens is 198 g/mol. The van der Waals surface area contributed by atoms with Crippen molar-refractivity contribution >= 4 is 5.97 Å². The Hall–Kier alpha value is -0.650. The highest BCUT2D eigenvalue weighted by molar-refractivity contribution is 5.75. The van der Waals surface area contributed by atoms with Crippen LogP contribution in [-0.2, 0) is 14.3 Å². The lowest BCUT2D eigenvalue weighted by Gasteiger charge is -2.22. The van der Waals surface area contributed by atoms with E-state index in [1.807, 2.05) is 0 Å². The molecule has 2 atom stereocenters. The average Bonchev–Trinajstić information content (AvgIpc) is 2.27. The predicted molar refractivity (Wildman–Crippen MR) is 54.2 cm³/mol. The molecule has 0 aliphatic carbocycles. The summed E-state index contributed by atoms with van der Waals surface area (Å²) >= 11 is 0. The molecule has 15 heavy (non-hydrogen) atoms. The van der Waals surface area contributed by atoms with Gasteiger partial charge >= 0.3 is 5.97 Å². The van der Waals surface area contributed by atoms with E-state index >= 15 is 0 Å². The Morgan fingerprint density at radius 2 is 2.40 bits per heavy atom. The Morgan fingerprint density at radius 1 is 1.60 bits per heavy atom. The monoisotopic (exact) mass is 217 g/mol. The number of hydrogen-bond acceptors (Lipinski definition) is 5. The molecule has 2 unspecified atom stereocenters. The molecule has 1 heterocycles. The zero-order valence-corrected chi connectivity index (χ0v) is 8.85. The number of aliphatic hydroxyl groups is 1. The van der Waals surface area contributed by atoms with Gasteiger partial charge in [-0.15, -0.1) is 0 Å². The molecule has 5 nitrogen and oxygen atoms in total. The molecule has 88 valence electrons. The molecule has 1 rings (SSSR count). The molecule has 0 spiro atoms. The first-order chi connectivity index (χ1) is 7.24. The minimum Gasteiger partial charge on any atom is -0.462 e. The smallest absolute Gasteiger partial charge is 0.323 e. The van der Waals surface area contributed by atoms with Crippen LogP contribution in [-0.4, -0.2) is 43.0 Å². The zero-order valence-electron chi connectivity index (χ0n) is 8.85. The Morgan fingerprint density at radius 3 is 3.00 bits per heavy atom. The predicted octanol–water partition coefficient (Wildman–Crippen LogP) is -0.192. The summed E-state index contributed by atoms with van der Waals surface area (Å²) in [5.41, 5.74) is 5.47. The largest absolute Gasteiger partial charge is 0.462 e.